The van der Waals surface area contributed by atoms with E-state index < -0.39 is 6.04 Å². The third kappa shape index (κ3) is 4.39. The average Bonchev–Trinajstić information content (AvgIpc) is 2.90. The number of carbonyl (C=O) groups is 1. The van der Waals surface area contributed by atoms with Gasteiger partial charge in [0, 0.05) is 6.42 Å². The van der Waals surface area contributed by atoms with Gasteiger partial charge >= 0.3 is 5.97 Å². The lowest BCUT2D eigenvalue weighted by Gasteiger charge is -2.20. The summed E-state index contributed by atoms with van der Waals surface area (Å²) < 4.78 is 10.3. The molecule has 1 aliphatic rings. The minimum absolute atomic E-state index is 0.141. The van der Waals surface area contributed by atoms with Crippen molar-refractivity contribution >= 4 is 5.97 Å². The summed E-state index contributed by atoms with van der Waals surface area (Å²) in [4.78, 5) is 17.7. The van der Waals surface area contributed by atoms with Gasteiger partial charge in [0.2, 0.25) is 0 Å². The molecule has 21 heavy (non-hydrogen) atoms. The molecular weight excluding hydrogens is 270 g/mol. The minimum Gasteiger partial charge on any atom is -0.468 e. The van der Waals surface area contributed by atoms with Gasteiger partial charge in [-0.1, -0.05) is 36.4 Å². The minimum atomic E-state index is -0.396. The Kier molecular flexibility index (Phi) is 5.92. The van der Waals surface area contributed by atoms with Gasteiger partial charge in [-0.3, -0.25) is 9.63 Å². The van der Waals surface area contributed by atoms with Crippen LogP contribution in [0.2, 0.25) is 0 Å². The summed E-state index contributed by atoms with van der Waals surface area (Å²) in [5.41, 5.74) is 1.08. The second kappa shape index (κ2) is 7.93. The molecule has 0 bridgehead atoms. The van der Waals surface area contributed by atoms with Crippen LogP contribution in [-0.2, 0) is 25.7 Å². The molecule has 0 radical (unpaired) electrons. The molecule has 2 rings (SSSR count). The lowest BCUT2D eigenvalue weighted by molar-refractivity contribution is -0.191. The summed E-state index contributed by atoms with van der Waals surface area (Å²) in [6.45, 7) is 5.05. The first kappa shape index (κ1) is 15.7. The van der Waals surface area contributed by atoms with Crippen molar-refractivity contribution in [1.82, 2.24) is 5.06 Å². The van der Waals surface area contributed by atoms with Crippen molar-refractivity contribution in [3.8, 4) is 0 Å². The number of esters is 1. The molecular formula is C16H21NO4. The maximum absolute atomic E-state index is 11.9. The molecule has 1 aromatic rings. The van der Waals surface area contributed by atoms with Gasteiger partial charge in [-0.15, -0.1) is 6.58 Å². The van der Waals surface area contributed by atoms with E-state index in [9.17, 15) is 4.79 Å². The Morgan fingerprint density at radius 1 is 1.48 bits per heavy atom. The van der Waals surface area contributed by atoms with Crippen LogP contribution in [0.4, 0.5) is 0 Å². The van der Waals surface area contributed by atoms with E-state index in [0.717, 1.165) is 5.56 Å². The molecule has 0 aromatic heterocycles. The zero-order valence-electron chi connectivity index (χ0n) is 12.2. The number of hydroxylamine groups is 2. The predicted octanol–water partition coefficient (Wildman–Crippen LogP) is 1.94. The van der Waals surface area contributed by atoms with Crippen molar-refractivity contribution < 1.29 is 19.1 Å². The van der Waals surface area contributed by atoms with E-state index in [1.54, 1.807) is 11.1 Å². The summed E-state index contributed by atoms with van der Waals surface area (Å²) in [6, 6.07) is 9.48. The van der Waals surface area contributed by atoms with Gasteiger partial charge in [-0.05, 0) is 5.56 Å². The highest BCUT2D eigenvalue weighted by Crippen LogP contribution is 2.24. The van der Waals surface area contributed by atoms with Crippen LogP contribution in [0, 0.1) is 0 Å². The zero-order valence-corrected chi connectivity index (χ0v) is 12.2. The first-order valence-electron chi connectivity index (χ1n) is 6.98. The fourth-order valence-corrected chi connectivity index (χ4v) is 2.32. The first-order valence-corrected chi connectivity index (χ1v) is 6.98. The van der Waals surface area contributed by atoms with E-state index >= 15 is 0 Å². The Bertz CT molecular complexity index is 463. The lowest BCUT2D eigenvalue weighted by atomic mass is 10.1. The molecule has 0 N–H and O–H groups in total. The van der Waals surface area contributed by atoms with Crippen molar-refractivity contribution in [3.63, 3.8) is 0 Å². The van der Waals surface area contributed by atoms with Crippen LogP contribution in [0.5, 0.6) is 0 Å². The van der Waals surface area contributed by atoms with E-state index in [4.69, 9.17) is 14.3 Å². The SMILES string of the molecule is C=CCOC[C@@H]1C[C@@H](C(=O)OC)N(Cc2ccccc2)O1. The third-order valence-corrected chi connectivity index (χ3v) is 3.31. The number of hydrogen-bond donors (Lipinski definition) is 0. The Hall–Kier alpha value is -1.69. The van der Waals surface area contributed by atoms with Crippen molar-refractivity contribution in [2.45, 2.75) is 25.1 Å². The van der Waals surface area contributed by atoms with E-state index in [1.807, 2.05) is 30.3 Å². The van der Waals surface area contributed by atoms with Gasteiger partial charge in [0.25, 0.3) is 0 Å². The first-order chi connectivity index (χ1) is 10.2. The third-order valence-electron chi connectivity index (χ3n) is 3.31. The molecule has 0 saturated carbocycles. The summed E-state index contributed by atoms with van der Waals surface area (Å²) in [5, 5.41) is 1.68. The zero-order chi connectivity index (χ0) is 15.1. The molecule has 1 fully saturated rings. The van der Waals surface area contributed by atoms with Gasteiger partial charge in [-0.2, -0.15) is 5.06 Å². The van der Waals surface area contributed by atoms with Gasteiger partial charge in [0.05, 0.1) is 26.9 Å². The second-order valence-electron chi connectivity index (χ2n) is 4.89. The van der Waals surface area contributed by atoms with Crippen molar-refractivity contribution in [1.29, 1.82) is 0 Å². The quantitative estimate of drug-likeness (QED) is 0.436. The van der Waals surface area contributed by atoms with Gasteiger partial charge in [0.15, 0.2) is 0 Å². The molecule has 114 valence electrons. The Labute approximate surface area is 125 Å². The topological polar surface area (TPSA) is 48.0 Å². The smallest absolute Gasteiger partial charge is 0.325 e. The summed E-state index contributed by atoms with van der Waals surface area (Å²) >= 11 is 0. The normalized spacial score (nSPS) is 22.1. The Morgan fingerprint density at radius 2 is 2.24 bits per heavy atom. The van der Waals surface area contributed by atoms with E-state index in [0.29, 0.717) is 26.2 Å². The number of hydrogen-bond acceptors (Lipinski definition) is 5. The molecule has 1 aliphatic heterocycles. The molecule has 0 unspecified atom stereocenters. The summed E-state index contributed by atoms with van der Waals surface area (Å²) in [6.07, 6.45) is 2.11. The largest absolute Gasteiger partial charge is 0.468 e. The highest BCUT2D eigenvalue weighted by atomic mass is 16.7. The van der Waals surface area contributed by atoms with Crippen molar-refractivity contribution in [2.75, 3.05) is 20.3 Å². The van der Waals surface area contributed by atoms with Crippen LogP contribution in [0.25, 0.3) is 0 Å². The standard InChI is InChI=1S/C16H21NO4/c1-3-9-20-12-14-10-15(16(18)19-2)17(21-14)11-13-7-5-4-6-8-13/h3-8,14-15H,1,9-12H2,2H3/t14-,15-/m0/s1. The Balaban J connectivity index is 1.98. The van der Waals surface area contributed by atoms with Crippen molar-refractivity contribution in [2.24, 2.45) is 0 Å². The highest BCUT2D eigenvalue weighted by Gasteiger charge is 2.39. The molecule has 1 heterocycles. The van der Waals surface area contributed by atoms with Crippen molar-refractivity contribution in [3.05, 3.63) is 48.6 Å². The van der Waals surface area contributed by atoms with E-state index in [1.165, 1.54) is 7.11 Å². The van der Waals surface area contributed by atoms with Crippen LogP contribution in [0.1, 0.15) is 12.0 Å². The van der Waals surface area contributed by atoms with E-state index in [-0.39, 0.29) is 12.1 Å². The summed E-state index contributed by atoms with van der Waals surface area (Å²) in [7, 11) is 1.39. The van der Waals surface area contributed by atoms with Crippen LogP contribution in [0.15, 0.2) is 43.0 Å². The number of nitrogens with zero attached hydrogens (tertiary/aromatic N) is 1. The maximum Gasteiger partial charge on any atom is 0.325 e. The molecule has 0 aliphatic carbocycles. The molecule has 5 nitrogen and oxygen atoms in total. The molecule has 1 saturated heterocycles. The van der Waals surface area contributed by atoms with E-state index in [2.05, 4.69) is 6.58 Å². The number of rotatable bonds is 7. The van der Waals surface area contributed by atoms with Crippen LogP contribution in [0.3, 0.4) is 0 Å². The number of carbonyl (C=O) groups excluding carboxylic acids is 1. The predicted molar refractivity (Wildman–Crippen MR) is 78.3 cm³/mol. The highest BCUT2D eigenvalue weighted by molar-refractivity contribution is 5.75. The fraction of sp³-hybridized carbons (Fsp3) is 0.438. The number of methoxy groups -OCH3 is 1. The summed E-state index contributed by atoms with van der Waals surface area (Å²) in [5.74, 6) is -0.280. The molecule has 2 atom stereocenters. The van der Waals surface area contributed by atoms with Crippen LogP contribution < -0.4 is 0 Å². The van der Waals surface area contributed by atoms with Gasteiger partial charge in [0.1, 0.15) is 12.1 Å². The average molecular weight is 291 g/mol. The molecule has 0 spiro atoms. The van der Waals surface area contributed by atoms with Crippen LogP contribution in [-0.4, -0.2) is 43.5 Å². The molecule has 5 heteroatoms. The molecule has 1 aromatic carbocycles. The van der Waals surface area contributed by atoms with Gasteiger partial charge in [-0.25, -0.2) is 0 Å². The van der Waals surface area contributed by atoms with Crippen LogP contribution >= 0.6 is 0 Å². The molecule has 0 amide bonds. The fourth-order valence-electron chi connectivity index (χ4n) is 2.32. The maximum atomic E-state index is 11.9. The number of benzene rings is 1. The van der Waals surface area contributed by atoms with Gasteiger partial charge < -0.3 is 9.47 Å². The monoisotopic (exact) mass is 291 g/mol. The lowest BCUT2D eigenvalue weighted by Crippen LogP contribution is -2.35. The second-order valence-corrected chi connectivity index (χ2v) is 4.89. The Morgan fingerprint density at radius 3 is 2.90 bits per heavy atom. The number of ether oxygens (including phenoxy) is 2.